The summed E-state index contributed by atoms with van der Waals surface area (Å²) in [6.45, 7) is 4.26. The Labute approximate surface area is 107 Å². The molecule has 1 aromatic rings. The summed E-state index contributed by atoms with van der Waals surface area (Å²) in [5.41, 5.74) is 1.01. The molecule has 0 saturated carbocycles. The van der Waals surface area contributed by atoms with E-state index < -0.39 is 0 Å². The van der Waals surface area contributed by atoms with Crippen molar-refractivity contribution in [3.8, 4) is 5.75 Å². The summed E-state index contributed by atoms with van der Waals surface area (Å²) in [5.74, 6) is 0.950. The number of methoxy groups -OCH3 is 1. The molecule has 4 heteroatoms. The number of hydrogen-bond donors (Lipinski definition) is 0. The molecule has 0 aliphatic rings. The summed E-state index contributed by atoms with van der Waals surface area (Å²) < 4.78 is 15.3. The molecule has 0 aromatic heterocycles. The number of rotatable bonds is 6. The molecule has 18 heavy (non-hydrogen) atoms. The predicted molar refractivity (Wildman–Crippen MR) is 68.2 cm³/mol. The highest BCUT2D eigenvalue weighted by molar-refractivity contribution is 5.82. The Bertz CT molecular complexity index is 406. The van der Waals surface area contributed by atoms with Crippen molar-refractivity contribution in [3.05, 3.63) is 41.7 Å². The van der Waals surface area contributed by atoms with Gasteiger partial charge in [0.1, 0.15) is 18.1 Å². The van der Waals surface area contributed by atoms with Gasteiger partial charge in [0.2, 0.25) is 0 Å². The number of allylic oxidation sites excluding steroid dienone is 1. The number of carbonyl (C=O) groups is 1. The van der Waals surface area contributed by atoms with Gasteiger partial charge in [0.25, 0.3) is 0 Å². The molecular weight excluding hydrogens is 232 g/mol. The molecule has 0 spiro atoms. The van der Waals surface area contributed by atoms with Gasteiger partial charge in [0.05, 0.1) is 19.8 Å². The zero-order chi connectivity index (χ0) is 13.4. The minimum atomic E-state index is -0.385. The second-order valence-corrected chi connectivity index (χ2v) is 3.64. The molecule has 0 unspecified atom stereocenters. The molecule has 0 N–H and O–H groups in total. The summed E-state index contributed by atoms with van der Waals surface area (Å²) in [6.07, 6.45) is 1.34. The van der Waals surface area contributed by atoms with Crippen LogP contribution in [0.3, 0.4) is 0 Å². The van der Waals surface area contributed by atoms with E-state index >= 15 is 0 Å². The number of ether oxygens (including phenoxy) is 3. The van der Waals surface area contributed by atoms with E-state index in [1.165, 1.54) is 6.08 Å². The minimum absolute atomic E-state index is 0.362. The van der Waals surface area contributed by atoms with Crippen molar-refractivity contribution in [1.82, 2.24) is 0 Å². The Morgan fingerprint density at radius 2 is 1.89 bits per heavy atom. The van der Waals surface area contributed by atoms with Crippen LogP contribution in [0.1, 0.15) is 19.4 Å². The van der Waals surface area contributed by atoms with Gasteiger partial charge in [-0.1, -0.05) is 12.1 Å². The van der Waals surface area contributed by atoms with Crippen LogP contribution in [-0.4, -0.2) is 19.7 Å². The second-order valence-electron chi connectivity index (χ2n) is 3.64. The summed E-state index contributed by atoms with van der Waals surface area (Å²) in [4.78, 5) is 11.2. The molecule has 0 heterocycles. The molecule has 0 fully saturated rings. The Balaban J connectivity index is 2.46. The maximum absolute atomic E-state index is 11.2. The standard InChI is InChI=1S/C14H18O4/c1-4-17-14(15)9-11(2)18-10-12-5-7-13(16-3)8-6-12/h5-9H,4,10H2,1-3H3/b11-9-. The summed E-state index contributed by atoms with van der Waals surface area (Å²) >= 11 is 0. The molecule has 0 aliphatic carbocycles. The Morgan fingerprint density at radius 1 is 1.22 bits per heavy atom. The maximum atomic E-state index is 11.2. The zero-order valence-electron chi connectivity index (χ0n) is 10.9. The molecule has 0 bridgehead atoms. The maximum Gasteiger partial charge on any atom is 0.334 e. The summed E-state index contributed by atoms with van der Waals surface area (Å²) in [5, 5.41) is 0. The monoisotopic (exact) mass is 250 g/mol. The van der Waals surface area contributed by atoms with Gasteiger partial charge in [-0.15, -0.1) is 0 Å². The van der Waals surface area contributed by atoms with Crippen LogP contribution in [0.5, 0.6) is 5.75 Å². The first-order chi connectivity index (χ1) is 8.65. The van der Waals surface area contributed by atoms with Crippen LogP contribution in [0, 0.1) is 0 Å². The number of carbonyl (C=O) groups excluding carboxylic acids is 1. The first kappa shape index (κ1) is 14.1. The smallest absolute Gasteiger partial charge is 0.334 e. The Kier molecular flexibility index (Phi) is 5.77. The van der Waals surface area contributed by atoms with E-state index in [4.69, 9.17) is 14.2 Å². The predicted octanol–water partition coefficient (Wildman–Crippen LogP) is 2.68. The molecule has 0 amide bonds. The van der Waals surface area contributed by atoms with Gasteiger partial charge in [-0.3, -0.25) is 0 Å². The van der Waals surface area contributed by atoms with Gasteiger partial charge in [-0.05, 0) is 31.5 Å². The fourth-order valence-electron chi connectivity index (χ4n) is 1.31. The molecule has 98 valence electrons. The lowest BCUT2D eigenvalue weighted by Crippen LogP contribution is -2.01. The molecule has 0 aliphatic heterocycles. The van der Waals surface area contributed by atoms with Crippen LogP contribution in [0.4, 0.5) is 0 Å². The lowest BCUT2D eigenvalue weighted by molar-refractivity contribution is -0.137. The highest BCUT2D eigenvalue weighted by Gasteiger charge is 2.00. The van der Waals surface area contributed by atoms with E-state index in [0.717, 1.165) is 11.3 Å². The number of hydrogen-bond acceptors (Lipinski definition) is 4. The lowest BCUT2D eigenvalue weighted by atomic mass is 10.2. The van der Waals surface area contributed by atoms with Crippen molar-refractivity contribution >= 4 is 5.97 Å². The molecular formula is C14H18O4. The van der Waals surface area contributed by atoms with Crippen molar-refractivity contribution in [1.29, 1.82) is 0 Å². The van der Waals surface area contributed by atoms with E-state index in [0.29, 0.717) is 19.0 Å². The van der Waals surface area contributed by atoms with E-state index in [1.54, 1.807) is 21.0 Å². The first-order valence-corrected chi connectivity index (χ1v) is 5.76. The lowest BCUT2D eigenvalue weighted by Gasteiger charge is -2.07. The third kappa shape index (κ3) is 4.91. The average molecular weight is 250 g/mol. The zero-order valence-corrected chi connectivity index (χ0v) is 10.9. The molecule has 0 atom stereocenters. The van der Waals surface area contributed by atoms with Gasteiger partial charge >= 0.3 is 5.97 Å². The quantitative estimate of drug-likeness (QED) is 0.442. The topological polar surface area (TPSA) is 44.8 Å². The van der Waals surface area contributed by atoms with Gasteiger partial charge in [0, 0.05) is 0 Å². The molecule has 1 aromatic carbocycles. The Morgan fingerprint density at radius 3 is 2.44 bits per heavy atom. The first-order valence-electron chi connectivity index (χ1n) is 5.76. The third-order valence-corrected chi connectivity index (χ3v) is 2.23. The normalized spacial score (nSPS) is 10.9. The second kappa shape index (κ2) is 7.37. The minimum Gasteiger partial charge on any atom is -0.497 e. The highest BCUT2D eigenvalue weighted by Crippen LogP contribution is 2.13. The van der Waals surface area contributed by atoms with Crippen LogP contribution in [0.15, 0.2) is 36.1 Å². The molecule has 4 nitrogen and oxygen atoms in total. The van der Waals surface area contributed by atoms with Gasteiger partial charge in [0.15, 0.2) is 0 Å². The number of esters is 1. The fourth-order valence-corrected chi connectivity index (χ4v) is 1.31. The molecule has 1 rings (SSSR count). The van der Waals surface area contributed by atoms with Gasteiger partial charge in [-0.25, -0.2) is 4.79 Å². The summed E-state index contributed by atoms with van der Waals surface area (Å²) in [7, 11) is 1.62. The van der Waals surface area contributed by atoms with E-state index in [2.05, 4.69) is 0 Å². The molecule has 0 saturated heterocycles. The van der Waals surface area contributed by atoms with Crippen molar-refractivity contribution in [2.45, 2.75) is 20.5 Å². The largest absolute Gasteiger partial charge is 0.497 e. The SMILES string of the molecule is CCOC(=O)/C=C(/C)OCc1ccc(OC)cc1. The van der Waals surface area contributed by atoms with Gasteiger partial charge < -0.3 is 14.2 Å². The van der Waals surface area contributed by atoms with E-state index in [9.17, 15) is 4.79 Å². The van der Waals surface area contributed by atoms with Crippen molar-refractivity contribution in [3.63, 3.8) is 0 Å². The van der Waals surface area contributed by atoms with Crippen LogP contribution in [0.2, 0.25) is 0 Å². The summed E-state index contributed by atoms with van der Waals surface area (Å²) in [6, 6.07) is 7.55. The van der Waals surface area contributed by atoms with Gasteiger partial charge in [-0.2, -0.15) is 0 Å². The van der Waals surface area contributed by atoms with E-state index in [1.807, 2.05) is 24.3 Å². The van der Waals surface area contributed by atoms with Crippen LogP contribution < -0.4 is 4.74 Å². The van der Waals surface area contributed by atoms with Crippen LogP contribution in [0.25, 0.3) is 0 Å². The Hall–Kier alpha value is -1.97. The third-order valence-electron chi connectivity index (χ3n) is 2.23. The van der Waals surface area contributed by atoms with Crippen LogP contribution >= 0.6 is 0 Å². The van der Waals surface area contributed by atoms with Crippen molar-refractivity contribution < 1.29 is 19.0 Å². The molecule has 0 radical (unpaired) electrons. The van der Waals surface area contributed by atoms with Crippen LogP contribution in [-0.2, 0) is 20.9 Å². The average Bonchev–Trinajstić information content (AvgIpc) is 2.37. The van der Waals surface area contributed by atoms with Crippen molar-refractivity contribution in [2.75, 3.05) is 13.7 Å². The van der Waals surface area contributed by atoms with E-state index in [-0.39, 0.29) is 5.97 Å². The fraction of sp³-hybridized carbons (Fsp3) is 0.357. The number of benzene rings is 1. The highest BCUT2D eigenvalue weighted by atomic mass is 16.5. The van der Waals surface area contributed by atoms with Crippen molar-refractivity contribution in [2.24, 2.45) is 0 Å².